The van der Waals surface area contributed by atoms with Gasteiger partial charge in [-0.05, 0) is 43.3 Å². The molecular formula is C18H18ClNO5. The van der Waals surface area contributed by atoms with E-state index in [0.717, 1.165) is 0 Å². The van der Waals surface area contributed by atoms with Gasteiger partial charge in [0.25, 0.3) is 5.91 Å². The van der Waals surface area contributed by atoms with E-state index in [4.69, 9.17) is 25.8 Å². The monoisotopic (exact) mass is 363 g/mol. The number of nitrogens with one attached hydrogen (secondary N) is 1. The van der Waals surface area contributed by atoms with Gasteiger partial charge in [0.15, 0.2) is 17.6 Å². The van der Waals surface area contributed by atoms with Crippen molar-refractivity contribution in [3.63, 3.8) is 0 Å². The highest BCUT2D eigenvalue weighted by Crippen LogP contribution is 2.30. The van der Waals surface area contributed by atoms with Crippen LogP contribution in [0, 0.1) is 0 Å². The number of hydrogen-bond donors (Lipinski definition) is 1. The summed E-state index contributed by atoms with van der Waals surface area (Å²) >= 11 is 5.95. The highest BCUT2D eigenvalue weighted by molar-refractivity contribution is 6.31. The molecule has 2 aromatic rings. The number of ether oxygens (including phenoxy) is 3. The Balaban J connectivity index is 2.16. The first-order valence-electron chi connectivity index (χ1n) is 7.42. The van der Waals surface area contributed by atoms with E-state index in [1.807, 2.05) is 0 Å². The van der Waals surface area contributed by atoms with Crippen LogP contribution in [-0.2, 0) is 4.79 Å². The molecule has 0 aliphatic rings. The molecule has 132 valence electrons. The van der Waals surface area contributed by atoms with Crippen molar-refractivity contribution in [2.45, 2.75) is 13.0 Å². The van der Waals surface area contributed by atoms with Crippen LogP contribution in [0.3, 0.4) is 0 Å². The maximum Gasteiger partial charge on any atom is 0.265 e. The predicted octanol–water partition coefficient (Wildman–Crippen LogP) is 3.58. The number of carbonyl (C=O) groups is 2. The van der Waals surface area contributed by atoms with Gasteiger partial charge in [-0.1, -0.05) is 11.6 Å². The van der Waals surface area contributed by atoms with E-state index < -0.39 is 12.0 Å². The highest BCUT2D eigenvalue weighted by atomic mass is 35.5. The van der Waals surface area contributed by atoms with E-state index in [9.17, 15) is 9.59 Å². The van der Waals surface area contributed by atoms with Crippen LogP contribution >= 0.6 is 11.6 Å². The first-order valence-corrected chi connectivity index (χ1v) is 7.80. The fourth-order valence-electron chi connectivity index (χ4n) is 2.11. The lowest BCUT2D eigenvalue weighted by Gasteiger charge is -2.18. The van der Waals surface area contributed by atoms with Crippen LogP contribution in [0.5, 0.6) is 17.2 Å². The molecule has 0 heterocycles. The predicted molar refractivity (Wildman–Crippen MR) is 95.1 cm³/mol. The average Bonchev–Trinajstić information content (AvgIpc) is 2.61. The van der Waals surface area contributed by atoms with Gasteiger partial charge in [-0.25, -0.2) is 0 Å². The third-order valence-corrected chi connectivity index (χ3v) is 3.65. The Labute approximate surface area is 150 Å². The van der Waals surface area contributed by atoms with E-state index in [1.54, 1.807) is 37.3 Å². The summed E-state index contributed by atoms with van der Waals surface area (Å²) in [6, 6.07) is 9.60. The first kappa shape index (κ1) is 18.6. The molecule has 0 aromatic heterocycles. The standard InChI is InChI=1S/C18H18ClNO5/c1-11(25-17-8-12(10-21)4-6-16(17)24-3)18(22)20-14-9-13(19)5-7-15(14)23-2/h4-11H,1-3H3,(H,20,22)/t11-/m0/s1. The number of hydrogen-bond acceptors (Lipinski definition) is 5. The SMILES string of the molecule is COc1ccc(Cl)cc1NC(=O)[C@H](C)Oc1cc(C=O)ccc1OC. The van der Waals surface area contributed by atoms with Crippen LogP contribution in [0.1, 0.15) is 17.3 Å². The van der Waals surface area contributed by atoms with E-state index in [-0.39, 0.29) is 0 Å². The van der Waals surface area contributed by atoms with Gasteiger partial charge in [0.05, 0.1) is 19.9 Å². The van der Waals surface area contributed by atoms with Gasteiger partial charge in [-0.2, -0.15) is 0 Å². The minimum absolute atomic E-state index is 0.299. The molecule has 7 heteroatoms. The van der Waals surface area contributed by atoms with Crippen molar-refractivity contribution < 1.29 is 23.8 Å². The second kappa shape index (κ2) is 8.39. The number of aldehydes is 1. The third kappa shape index (κ3) is 4.64. The first-order chi connectivity index (χ1) is 12.0. The number of methoxy groups -OCH3 is 2. The van der Waals surface area contributed by atoms with Gasteiger partial charge >= 0.3 is 0 Å². The Hall–Kier alpha value is -2.73. The Bertz CT molecular complexity index is 778. The average molecular weight is 364 g/mol. The summed E-state index contributed by atoms with van der Waals surface area (Å²) in [5, 5.41) is 3.17. The maximum atomic E-state index is 12.4. The summed E-state index contributed by atoms with van der Waals surface area (Å²) in [5.41, 5.74) is 0.851. The van der Waals surface area contributed by atoms with E-state index in [0.29, 0.717) is 39.8 Å². The smallest absolute Gasteiger partial charge is 0.265 e. The van der Waals surface area contributed by atoms with Gasteiger partial charge in [-0.15, -0.1) is 0 Å². The summed E-state index contributed by atoms with van der Waals surface area (Å²) in [4.78, 5) is 23.3. The van der Waals surface area contributed by atoms with E-state index in [1.165, 1.54) is 20.3 Å². The minimum atomic E-state index is -0.848. The van der Waals surface area contributed by atoms with Crippen molar-refractivity contribution in [3.8, 4) is 17.2 Å². The van der Waals surface area contributed by atoms with Gasteiger partial charge in [-0.3, -0.25) is 9.59 Å². The molecule has 1 atom stereocenters. The lowest BCUT2D eigenvalue weighted by molar-refractivity contribution is -0.122. The van der Waals surface area contributed by atoms with Crippen molar-refractivity contribution in [1.82, 2.24) is 0 Å². The molecule has 0 fully saturated rings. The van der Waals surface area contributed by atoms with Gasteiger partial charge in [0.1, 0.15) is 12.0 Å². The van der Waals surface area contributed by atoms with Gasteiger partial charge in [0, 0.05) is 10.6 Å². The minimum Gasteiger partial charge on any atom is -0.495 e. The molecular weight excluding hydrogens is 346 g/mol. The highest BCUT2D eigenvalue weighted by Gasteiger charge is 2.19. The van der Waals surface area contributed by atoms with Gasteiger partial charge < -0.3 is 19.5 Å². The molecule has 1 N–H and O–H groups in total. The molecule has 0 radical (unpaired) electrons. The summed E-state index contributed by atoms with van der Waals surface area (Å²) in [6.07, 6.45) is -0.159. The molecule has 0 aliphatic carbocycles. The Morgan fingerprint density at radius 2 is 1.76 bits per heavy atom. The van der Waals surface area contributed by atoms with Crippen molar-refractivity contribution in [1.29, 1.82) is 0 Å². The summed E-state index contributed by atoms with van der Waals surface area (Å²) < 4.78 is 16.0. The van der Waals surface area contributed by atoms with Crippen LogP contribution in [0.4, 0.5) is 5.69 Å². The summed E-state index contributed by atoms with van der Waals surface area (Å²) in [5.74, 6) is 0.794. The maximum absolute atomic E-state index is 12.4. The second-order valence-electron chi connectivity index (χ2n) is 5.12. The van der Waals surface area contributed by atoms with E-state index in [2.05, 4.69) is 5.32 Å². The van der Waals surface area contributed by atoms with Crippen molar-refractivity contribution in [2.75, 3.05) is 19.5 Å². The number of halogens is 1. The number of rotatable bonds is 7. The van der Waals surface area contributed by atoms with Crippen molar-refractivity contribution in [2.24, 2.45) is 0 Å². The van der Waals surface area contributed by atoms with Crippen LogP contribution in [0.15, 0.2) is 36.4 Å². The van der Waals surface area contributed by atoms with Crippen molar-refractivity contribution >= 4 is 29.5 Å². The number of amides is 1. The van der Waals surface area contributed by atoms with Gasteiger partial charge in [0.2, 0.25) is 0 Å². The van der Waals surface area contributed by atoms with Crippen LogP contribution in [0.2, 0.25) is 5.02 Å². The Morgan fingerprint density at radius 1 is 1.08 bits per heavy atom. The fraction of sp³-hybridized carbons (Fsp3) is 0.222. The third-order valence-electron chi connectivity index (χ3n) is 3.42. The second-order valence-corrected chi connectivity index (χ2v) is 5.56. The zero-order valence-electron chi connectivity index (χ0n) is 14.0. The zero-order valence-corrected chi connectivity index (χ0v) is 14.8. The largest absolute Gasteiger partial charge is 0.495 e. The molecule has 0 bridgehead atoms. The Kier molecular flexibility index (Phi) is 6.25. The van der Waals surface area contributed by atoms with Crippen LogP contribution < -0.4 is 19.5 Å². The molecule has 0 saturated carbocycles. The molecule has 0 saturated heterocycles. The number of anilines is 1. The lowest BCUT2D eigenvalue weighted by atomic mass is 10.2. The normalized spacial score (nSPS) is 11.4. The lowest BCUT2D eigenvalue weighted by Crippen LogP contribution is -2.30. The number of carbonyl (C=O) groups excluding carboxylic acids is 2. The number of benzene rings is 2. The molecule has 2 aromatic carbocycles. The molecule has 0 aliphatic heterocycles. The topological polar surface area (TPSA) is 73.9 Å². The van der Waals surface area contributed by atoms with Crippen LogP contribution in [0.25, 0.3) is 0 Å². The van der Waals surface area contributed by atoms with E-state index >= 15 is 0 Å². The summed E-state index contributed by atoms with van der Waals surface area (Å²) in [6.45, 7) is 1.58. The molecule has 1 amide bonds. The molecule has 0 spiro atoms. The van der Waals surface area contributed by atoms with Crippen molar-refractivity contribution in [3.05, 3.63) is 47.0 Å². The molecule has 6 nitrogen and oxygen atoms in total. The zero-order chi connectivity index (χ0) is 18.4. The summed E-state index contributed by atoms with van der Waals surface area (Å²) in [7, 11) is 2.97. The molecule has 0 unspecified atom stereocenters. The fourth-order valence-corrected chi connectivity index (χ4v) is 2.29. The quantitative estimate of drug-likeness (QED) is 0.761. The molecule has 25 heavy (non-hydrogen) atoms. The molecule has 2 rings (SSSR count). The Morgan fingerprint density at radius 3 is 2.40 bits per heavy atom. The van der Waals surface area contributed by atoms with Crippen LogP contribution in [-0.4, -0.2) is 32.5 Å².